The fraction of sp³-hybridized carbons (Fsp3) is 0.269. The Hall–Kier alpha value is -3.74. The van der Waals surface area contributed by atoms with Gasteiger partial charge < -0.3 is 9.47 Å². The van der Waals surface area contributed by atoms with Crippen LogP contribution < -0.4 is 5.56 Å². The van der Waals surface area contributed by atoms with Crippen molar-refractivity contribution in [1.29, 1.82) is 0 Å². The average Bonchev–Trinajstić information content (AvgIpc) is 3.16. The number of benzene rings is 2. The third kappa shape index (κ3) is 4.58. The lowest BCUT2D eigenvalue weighted by molar-refractivity contribution is 0.0727. The predicted octanol–water partition coefficient (Wildman–Crippen LogP) is 4.28. The molecule has 2 heterocycles. The van der Waals surface area contributed by atoms with Crippen molar-refractivity contribution in [2.45, 2.75) is 39.8 Å². The van der Waals surface area contributed by atoms with Gasteiger partial charge in [0, 0.05) is 36.5 Å². The molecule has 2 aromatic heterocycles. The number of fused-ring (bicyclic) bond motifs is 1. The van der Waals surface area contributed by atoms with Crippen LogP contribution in [0.5, 0.6) is 0 Å². The maximum absolute atomic E-state index is 13.9. The topological polar surface area (TPSA) is 59.6 Å². The molecule has 0 bridgehead atoms. The van der Waals surface area contributed by atoms with Gasteiger partial charge in [-0.25, -0.2) is 4.39 Å². The Labute approximate surface area is 191 Å². The molecule has 7 heteroatoms. The summed E-state index contributed by atoms with van der Waals surface area (Å²) in [5.41, 5.74) is 4.24. The van der Waals surface area contributed by atoms with Crippen LogP contribution in [0.15, 0.2) is 65.5 Å². The molecule has 0 aliphatic carbocycles. The number of amides is 1. The maximum Gasteiger partial charge on any atom is 0.274 e. The van der Waals surface area contributed by atoms with E-state index < -0.39 is 5.82 Å². The van der Waals surface area contributed by atoms with E-state index in [-0.39, 0.29) is 23.6 Å². The fourth-order valence-corrected chi connectivity index (χ4v) is 4.11. The van der Waals surface area contributed by atoms with Gasteiger partial charge in [0.1, 0.15) is 11.5 Å². The Kier molecular flexibility index (Phi) is 6.40. The quantitative estimate of drug-likeness (QED) is 0.426. The largest absolute Gasteiger partial charge is 0.333 e. The number of rotatable bonds is 7. The first-order chi connectivity index (χ1) is 15.9. The lowest BCUT2D eigenvalue weighted by Gasteiger charge is -2.23. The summed E-state index contributed by atoms with van der Waals surface area (Å²) in [6.07, 6.45) is 1.59. The molecule has 0 unspecified atom stereocenters. The number of carbonyl (C=O) groups is 1. The standard InChI is InChI=1S/C26H27FN4O2/c1-4-9-22-23(28-31-24(32)14-18(2)29(3)25(22)31)17-30(16-19-10-6-5-7-11-19)26(33)20-12-8-13-21(27)15-20/h5-8,10-15H,4,9,16-17H2,1-3H3. The minimum Gasteiger partial charge on any atom is -0.333 e. The zero-order valence-electron chi connectivity index (χ0n) is 19.1. The van der Waals surface area contributed by atoms with E-state index in [2.05, 4.69) is 12.0 Å². The molecule has 2 aromatic carbocycles. The molecule has 4 aromatic rings. The molecule has 6 nitrogen and oxygen atoms in total. The molecule has 0 N–H and O–H groups in total. The van der Waals surface area contributed by atoms with Crippen LogP contribution in [0.3, 0.4) is 0 Å². The summed E-state index contributed by atoms with van der Waals surface area (Å²) in [4.78, 5) is 27.7. The van der Waals surface area contributed by atoms with Crippen LogP contribution in [0.25, 0.3) is 5.65 Å². The molecular weight excluding hydrogens is 419 g/mol. The molecule has 0 atom stereocenters. The SMILES string of the molecule is CCCc1c(CN(Cc2ccccc2)C(=O)c2cccc(F)c2)nn2c(=O)cc(C)n(C)c12. The zero-order chi connectivity index (χ0) is 23.5. The van der Waals surface area contributed by atoms with Crippen molar-refractivity contribution >= 4 is 11.6 Å². The molecule has 33 heavy (non-hydrogen) atoms. The van der Waals surface area contributed by atoms with Gasteiger partial charge in [0.05, 0.1) is 12.2 Å². The van der Waals surface area contributed by atoms with E-state index in [4.69, 9.17) is 0 Å². The van der Waals surface area contributed by atoms with Gasteiger partial charge in [0.25, 0.3) is 11.5 Å². The van der Waals surface area contributed by atoms with Crippen LogP contribution in [-0.2, 0) is 26.6 Å². The number of carbonyl (C=O) groups excluding carboxylic acids is 1. The molecule has 0 spiro atoms. The monoisotopic (exact) mass is 446 g/mol. The molecule has 0 radical (unpaired) electrons. The van der Waals surface area contributed by atoms with Gasteiger partial charge in [-0.1, -0.05) is 49.7 Å². The smallest absolute Gasteiger partial charge is 0.274 e. The molecule has 170 valence electrons. The lowest BCUT2D eigenvalue weighted by Crippen LogP contribution is -2.31. The van der Waals surface area contributed by atoms with Crippen LogP contribution in [0, 0.1) is 12.7 Å². The van der Waals surface area contributed by atoms with Gasteiger partial charge in [0.2, 0.25) is 0 Å². The predicted molar refractivity (Wildman–Crippen MR) is 126 cm³/mol. The average molecular weight is 447 g/mol. The Morgan fingerprint density at radius 3 is 2.52 bits per heavy atom. The van der Waals surface area contributed by atoms with E-state index in [9.17, 15) is 14.0 Å². The van der Waals surface area contributed by atoms with E-state index in [1.807, 2.05) is 48.9 Å². The van der Waals surface area contributed by atoms with Crippen molar-refractivity contribution in [3.05, 3.63) is 105 Å². The summed E-state index contributed by atoms with van der Waals surface area (Å²) < 4.78 is 17.2. The van der Waals surface area contributed by atoms with E-state index in [1.54, 1.807) is 17.0 Å². The van der Waals surface area contributed by atoms with Gasteiger partial charge in [0.15, 0.2) is 0 Å². The summed E-state index contributed by atoms with van der Waals surface area (Å²) >= 11 is 0. The molecule has 1 amide bonds. The second-order valence-electron chi connectivity index (χ2n) is 8.25. The molecular formula is C26H27FN4O2. The first-order valence-electron chi connectivity index (χ1n) is 11.0. The van der Waals surface area contributed by atoms with Crippen LogP contribution in [0.1, 0.15) is 46.2 Å². The Morgan fingerprint density at radius 1 is 1.06 bits per heavy atom. The first-order valence-corrected chi connectivity index (χ1v) is 11.0. The number of aryl methyl sites for hydroxylation is 3. The van der Waals surface area contributed by atoms with Crippen LogP contribution in [0.2, 0.25) is 0 Å². The summed E-state index contributed by atoms with van der Waals surface area (Å²) in [6.45, 7) is 4.50. The van der Waals surface area contributed by atoms with Crippen molar-refractivity contribution in [3.63, 3.8) is 0 Å². The van der Waals surface area contributed by atoms with E-state index in [1.165, 1.54) is 22.7 Å². The Bertz CT molecular complexity index is 1360. The highest BCUT2D eigenvalue weighted by Gasteiger charge is 2.23. The Balaban J connectivity index is 1.81. The number of hydrogen-bond donors (Lipinski definition) is 0. The van der Waals surface area contributed by atoms with Crippen molar-refractivity contribution in [2.24, 2.45) is 7.05 Å². The second-order valence-corrected chi connectivity index (χ2v) is 8.25. The lowest BCUT2D eigenvalue weighted by atomic mass is 10.1. The van der Waals surface area contributed by atoms with Gasteiger partial charge in [-0.2, -0.15) is 9.61 Å². The minimum absolute atomic E-state index is 0.199. The second kappa shape index (κ2) is 9.40. The highest BCUT2D eigenvalue weighted by Crippen LogP contribution is 2.21. The van der Waals surface area contributed by atoms with Gasteiger partial charge in [-0.15, -0.1) is 0 Å². The third-order valence-corrected chi connectivity index (χ3v) is 5.84. The normalized spacial score (nSPS) is 11.2. The minimum atomic E-state index is -0.460. The highest BCUT2D eigenvalue weighted by atomic mass is 19.1. The van der Waals surface area contributed by atoms with Crippen LogP contribution in [-0.4, -0.2) is 25.0 Å². The van der Waals surface area contributed by atoms with Gasteiger partial charge in [-0.3, -0.25) is 9.59 Å². The molecule has 0 fully saturated rings. The molecule has 0 saturated heterocycles. The van der Waals surface area contributed by atoms with Crippen LogP contribution >= 0.6 is 0 Å². The summed E-state index contributed by atoms with van der Waals surface area (Å²) in [6, 6.07) is 16.9. The van der Waals surface area contributed by atoms with E-state index in [0.717, 1.165) is 35.3 Å². The third-order valence-electron chi connectivity index (χ3n) is 5.84. The van der Waals surface area contributed by atoms with E-state index in [0.29, 0.717) is 12.2 Å². The van der Waals surface area contributed by atoms with Crippen molar-refractivity contribution < 1.29 is 9.18 Å². The summed E-state index contributed by atoms with van der Waals surface area (Å²) in [5.74, 6) is -0.751. The Morgan fingerprint density at radius 2 is 1.82 bits per heavy atom. The van der Waals surface area contributed by atoms with Crippen molar-refractivity contribution in [2.75, 3.05) is 0 Å². The summed E-state index contributed by atoms with van der Waals surface area (Å²) in [7, 11) is 1.91. The first kappa shape index (κ1) is 22.5. The molecule has 0 aliphatic rings. The van der Waals surface area contributed by atoms with Crippen LogP contribution in [0.4, 0.5) is 4.39 Å². The number of halogens is 1. The maximum atomic E-state index is 13.9. The molecule has 0 saturated carbocycles. The number of aromatic nitrogens is 3. The number of hydrogen-bond acceptors (Lipinski definition) is 3. The molecule has 0 aliphatic heterocycles. The van der Waals surface area contributed by atoms with Crippen molar-refractivity contribution in [3.8, 4) is 0 Å². The van der Waals surface area contributed by atoms with Gasteiger partial charge >= 0.3 is 0 Å². The highest BCUT2D eigenvalue weighted by molar-refractivity contribution is 5.94. The van der Waals surface area contributed by atoms with Crippen molar-refractivity contribution in [1.82, 2.24) is 19.1 Å². The zero-order valence-corrected chi connectivity index (χ0v) is 19.1. The fourth-order valence-electron chi connectivity index (χ4n) is 4.11. The van der Waals surface area contributed by atoms with E-state index >= 15 is 0 Å². The molecule has 4 rings (SSSR count). The van der Waals surface area contributed by atoms with Gasteiger partial charge in [-0.05, 0) is 37.1 Å². The summed E-state index contributed by atoms with van der Waals surface area (Å²) in [5, 5.41) is 4.62. The number of nitrogens with zero attached hydrogens (tertiary/aromatic N) is 4.